The molecule has 0 radical (unpaired) electrons. The van der Waals surface area contributed by atoms with Crippen LogP contribution in [-0.2, 0) is 6.42 Å². The molecule has 138 valence electrons. The molecule has 25 heavy (non-hydrogen) atoms. The third kappa shape index (κ3) is 7.24. The Morgan fingerprint density at radius 2 is 1.60 bits per heavy atom. The summed E-state index contributed by atoms with van der Waals surface area (Å²) in [4.78, 5) is 0. The molecule has 0 saturated heterocycles. The van der Waals surface area contributed by atoms with E-state index in [-0.39, 0.29) is 12.4 Å². The van der Waals surface area contributed by atoms with Crippen LogP contribution >= 0.6 is 12.4 Å². The third-order valence-electron chi connectivity index (χ3n) is 3.70. The number of rotatable bonds is 10. The summed E-state index contributed by atoms with van der Waals surface area (Å²) >= 11 is 0. The van der Waals surface area contributed by atoms with E-state index in [9.17, 15) is 0 Å². The fraction of sp³-hybridized carbons (Fsp3) is 0.400. The first-order chi connectivity index (χ1) is 11.7. The molecule has 0 spiro atoms. The minimum atomic E-state index is 0. The Labute approximate surface area is 156 Å². The monoisotopic (exact) mass is 365 g/mol. The van der Waals surface area contributed by atoms with Crippen molar-refractivity contribution in [3.63, 3.8) is 0 Å². The average Bonchev–Trinajstić information content (AvgIpc) is 2.61. The summed E-state index contributed by atoms with van der Waals surface area (Å²) in [6.45, 7) is 6.18. The maximum atomic E-state index is 5.82. The zero-order valence-electron chi connectivity index (χ0n) is 15.2. The van der Waals surface area contributed by atoms with Crippen molar-refractivity contribution >= 4 is 12.4 Å². The average molecular weight is 366 g/mol. The lowest BCUT2D eigenvalue weighted by Gasteiger charge is -2.15. The highest BCUT2D eigenvalue weighted by molar-refractivity contribution is 5.85. The van der Waals surface area contributed by atoms with Gasteiger partial charge in [0.1, 0.15) is 12.4 Å². The van der Waals surface area contributed by atoms with Crippen molar-refractivity contribution in [3.05, 3.63) is 54.1 Å². The number of nitrogens with one attached hydrogen (secondary N) is 1. The van der Waals surface area contributed by atoms with Gasteiger partial charge < -0.3 is 19.5 Å². The number of methoxy groups -OCH3 is 1. The normalized spacial score (nSPS) is 11.3. The molecule has 1 unspecified atom stereocenters. The highest BCUT2D eigenvalue weighted by Gasteiger charge is 2.05. The second-order valence-electron chi connectivity index (χ2n) is 5.64. The van der Waals surface area contributed by atoms with Crippen LogP contribution in [0.4, 0.5) is 0 Å². The van der Waals surface area contributed by atoms with E-state index in [0.717, 1.165) is 30.2 Å². The van der Waals surface area contributed by atoms with Gasteiger partial charge in [-0.05, 0) is 50.1 Å². The van der Waals surface area contributed by atoms with Gasteiger partial charge in [0.2, 0.25) is 0 Å². The van der Waals surface area contributed by atoms with Gasteiger partial charge in [-0.25, -0.2) is 0 Å². The zero-order chi connectivity index (χ0) is 17.2. The standard InChI is InChI=1S/C20H27NO3.ClH/c1-4-23-19-7-5-6-8-20(19)24-14-13-21-16(2)15-17-9-11-18(22-3)12-10-17;/h5-12,16,21H,4,13-15H2,1-3H3;1H. The predicted molar refractivity (Wildman–Crippen MR) is 105 cm³/mol. The third-order valence-corrected chi connectivity index (χ3v) is 3.70. The van der Waals surface area contributed by atoms with Gasteiger partial charge >= 0.3 is 0 Å². The largest absolute Gasteiger partial charge is 0.497 e. The first-order valence-electron chi connectivity index (χ1n) is 8.44. The quantitative estimate of drug-likeness (QED) is 0.643. The second kappa shape index (κ2) is 11.6. The van der Waals surface area contributed by atoms with Gasteiger partial charge in [0.05, 0.1) is 13.7 Å². The van der Waals surface area contributed by atoms with E-state index in [1.165, 1.54) is 5.56 Å². The van der Waals surface area contributed by atoms with E-state index in [1.54, 1.807) is 7.11 Å². The zero-order valence-corrected chi connectivity index (χ0v) is 16.0. The van der Waals surface area contributed by atoms with Crippen molar-refractivity contribution in [2.75, 3.05) is 26.9 Å². The summed E-state index contributed by atoms with van der Waals surface area (Å²) in [5, 5.41) is 3.48. The lowest BCUT2D eigenvalue weighted by Crippen LogP contribution is -2.31. The summed E-state index contributed by atoms with van der Waals surface area (Å²) in [6, 6.07) is 16.3. The van der Waals surface area contributed by atoms with Gasteiger partial charge in [-0.15, -0.1) is 12.4 Å². The molecule has 0 bridgehead atoms. The Hall–Kier alpha value is -1.91. The molecule has 2 aromatic carbocycles. The molecule has 0 aliphatic rings. The molecule has 1 N–H and O–H groups in total. The molecule has 5 heteroatoms. The van der Waals surface area contributed by atoms with Crippen LogP contribution in [0.25, 0.3) is 0 Å². The molecule has 1 atom stereocenters. The number of ether oxygens (including phenoxy) is 3. The van der Waals surface area contributed by atoms with Crippen LogP contribution in [0, 0.1) is 0 Å². The predicted octanol–water partition coefficient (Wildman–Crippen LogP) is 4.12. The number of hydrogen-bond acceptors (Lipinski definition) is 4. The van der Waals surface area contributed by atoms with Gasteiger partial charge in [0, 0.05) is 12.6 Å². The molecule has 0 aliphatic carbocycles. The van der Waals surface area contributed by atoms with Gasteiger partial charge in [0.15, 0.2) is 11.5 Å². The first-order valence-corrected chi connectivity index (χ1v) is 8.44. The summed E-state index contributed by atoms with van der Waals surface area (Å²) in [5.74, 6) is 2.48. The minimum absolute atomic E-state index is 0. The summed E-state index contributed by atoms with van der Waals surface area (Å²) in [5.41, 5.74) is 1.29. The molecule has 0 saturated carbocycles. The summed E-state index contributed by atoms with van der Waals surface area (Å²) in [7, 11) is 1.68. The Bertz CT molecular complexity index is 604. The Balaban J connectivity index is 0.00000312. The lowest BCUT2D eigenvalue weighted by atomic mass is 10.1. The molecule has 0 amide bonds. The van der Waals surface area contributed by atoms with Crippen LogP contribution in [-0.4, -0.2) is 32.9 Å². The topological polar surface area (TPSA) is 39.7 Å². The Morgan fingerprint density at radius 1 is 0.960 bits per heavy atom. The fourth-order valence-electron chi connectivity index (χ4n) is 2.50. The molecular weight excluding hydrogens is 338 g/mol. The second-order valence-corrected chi connectivity index (χ2v) is 5.64. The van der Waals surface area contributed by atoms with Gasteiger partial charge in [-0.3, -0.25) is 0 Å². The van der Waals surface area contributed by atoms with Crippen LogP contribution in [0.3, 0.4) is 0 Å². The molecule has 2 rings (SSSR count). The fourth-order valence-corrected chi connectivity index (χ4v) is 2.50. The van der Waals surface area contributed by atoms with Crippen molar-refractivity contribution < 1.29 is 14.2 Å². The van der Waals surface area contributed by atoms with E-state index < -0.39 is 0 Å². The number of benzene rings is 2. The molecule has 0 heterocycles. The van der Waals surface area contributed by atoms with E-state index in [0.29, 0.717) is 19.3 Å². The van der Waals surface area contributed by atoms with Crippen LogP contribution in [0.15, 0.2) is 48.5 Å². The number of hydrogen-bond donors (Lipinski definition) is 1. The van der Waals surface area contributed by atoms with Crippen molar-refractivity contribution in [1.29, 1.82) is 0 Å². The summed E-state index contributed by atoms with van der Waals surface area (Å²) in [6.07, 6.45) is 0.972. The molecule has 0 aliphatic heterocycles. The Morgan fingerprint density at radius 3 is 2.20 bits per heavy atom. The molecular formula is C20H28ClNO3. The van der Waals surface area contributed by atoms with E-state index >= 15 is 0 Å². The number of halogens is 1. The highest BCUT2D eigenvalue weighted by Crippen LogP contribution is 2.26. The van der Waals surface area contributed by atoms with Crippen LogP contribution < -0.4 is 19.5 Å². The van der Waals surface area contributed by atoms with Crippen molar-refractivity contribution in [2.45, 2.75) is 26.3 Å². The van der Waals surface area contributed by atoms with Gasteiger partial charge in [0.25, 0.3) is 0 Å². The van der Waals surface area contributed by atoms with Crippen LogP contribution in [0.1, 0.15) is 19.4 Å². The molecule has 0 fully saturated rings. The highest BCUT2D eigenvalue weighted by atomic mass is 35.5. The van der Waals surface area contributed by atoms with Crippen molar-refractivity contribution in [3.8, 4) is 17.2 Å². The number of para-hydroxylation sites is 2. The van der Waals surface area contributed by atoms with Crippen molar-refractivity contribution in [1.82, 2.24) is 5.32 Å². The van der Waals surface area contributed by atoms with Gasteiger partial charge in [-0.1, -0.05) is 24.3 Å². The van der Waals surface area contributed by atoms with Gasteiger partial charge in [-0.2, -0.15) is 0 Å². The van der Waals surface area contributed by atoms with E-state index in [4.69, 9.17) is 14.2 Å². The smallest absolute Gasteiger partial charge is 0.161 e. The van der Waals surface area contributed by atoms with Crippen molar-refractivity contribution in [2.24, 2.45) is 0 Å². The van der Waals surface area contributed by atoms with Crippen LogP contribution in [0.5, 0.6) is 17.2 Å². The molecule has 4 nitrogen and oxygen atoms in total. The van der Waals surface area contributed by atoms with E-state index in [1.807, 2.05) is 43.3 Å². The van der Waals surface area contributed by atoms with E-state index in [2.05, 4.69) is 24.4 Å². The summed E-state index contributed by atoms with van der Waals surface area (Å²) < 4.78 is 16.6. The minimum Gasteiger partial charge on any atom is -0.497 e. The lowest BCUT2D eigenvalue weighted by molar-refractivity contribution is 0.272. The maximum Gasteiger partial charge on any atom is 0.161 e. The maximum absolute atomic E-state index is 5.82. The first kappa shape index (κ1) is 21.1. The molecule has 0 aromatic heterocycles. The van der Waals surface area contributed by atoms with Crippen LogP contribution in [0.2, 0.25) is 0 Å². The SMILES string of the molecule is CCOc1ccccc1OCCNC(C)Cc1ccc(OC)cc1.Cl. The molecule has 2 aromatic rings. The Kier molecular flexibility index (Phi) is 9.81.